The molecule has 2 aromatic rings. The fourth-order valence-corrected chi connectivity index (χ4v) is 4.12. The van der Waals surface area contributed by atoms with Crippen molar-refractivity contribution >= 4 is 0 Å². The molecule has 2 aromatic carbocycles. The van der Waals surface area contributed by atoms with Crippen LogP contribution in [0.25, 0.3) is 11.1 Å². The standard InChI is InChI=1S/C20H16/c1-2-5-13(6-3-1)15-7-4-8-16-14-9-11-17-18(12-10-14)20(17)19(15)16/h1-12,14,17-18,20H. The first-order valence-corrected chi connectivity index (χ1v) is 7.48. The second-order valence-corrected chi connectivity index (χ2v) is 6.15. The van der Waals surface area contributed by atoms with E-state index in [1.165, 1.54) is 16.7 Å². The first kappa shape index (κ1) is 10.7. The highest BCUT2D eigenvalue weighted by Gasteiger charge is 2.52. The number of rotatable bonds is 1. The van der Waals surface area contributed by atoms with E-state index < -0.39 is 0 Å². The SMILES string of the molecule is C1=CC2C3C=CC1c1cccc(-c4ccccc4)c1C23. The summed E-state index contributed by atoms with van der Waals surface area (Å²) < 4.78 is 0. The molecule has 2 atom stereocenters. The Kier molecular flexibility index (Phi) is 1.99. The Labute approximate surface area is 119 Å². The minimum absolute atomic E-state index is 0.480. The van der Waals surface area contributed by atoms with E-state index in [0.29, 0.717) is 11.8 Å². The molecule has 4 bridgehead atoms. The van der Waals surface area contributed by atoms with Crippen molar-refractivity contribution in [2.75, 3.05) is 0 Å². The predicted octanol–water partition coefficient (Wildman–Crippen LogP) is 4.91. The average Bonchev–Trinajstić information content (AvgIpc) is 3.25. The van der Waals surface area contributed by atoms with Gasteiger partial charge >= 0.3 is 0 Å². The summed E-state index contributed by atoms with van der Waals surface area (Å²) in [4.78, 5) is 0. The summed E-state index contributed by atoms with van der Waals surface area (Å²) in [6, 6.07) is 17.7. The second kappa shape index (κ2) is 3.73. The maximum Gasteiger partial charge on any atom is 0.0202 e. The van der Waals surface area contributed by atoms with Crippen LogP contribution < -0.4 is 0 Å². The van der Waals surface area contributed by atoms with Gasteiger partial charge in [-0.1, -0.05) is 72.8 Å². The molecule has 4 aliphatic rings. The lowest BCUT2D eigenvalue weighted by atomic mass is 9.87. The normalized spacial score (nSPS) is 31.6. The van der Waals surface area contributed by atoms with Gasteiger partial charge in [-0.2, -0.15) is 0 Å². The van der Waals surface area contributed by atoms with Crippen molar-refractivity contribution in [3.63, 3.8) is 0 Å². The molecule has 6 rings (SSSR count). The van der Waals surface area contributed by atoms with Crippen LogP contribution in [0.3, 0.4) is 0 Å². The molecule has 0 spiro atoms. The van der Waals surface area contributed by atoms with E-state index in [-0.39, 0.29) is 0 Å². The van der Waals surface area contributed by atoms with E-state index in [2.05, 4.69) is 72.8 Å². The maximum atomic E-state index is 2.45. The molecule has 0 amide bonds. The maximum absolute atomic E-state index is 2.45. The summed E-state index contributed by atoms with van der Waals surface area (Å²) in [7, 11) is 0. The lowest BCUT2D eigenvalue weighted by molar-refractivity contribution is 1.00. The highest BCUT2D eigenvalue weighted by molar-refractivity contribution is 5.72. The van der Waals surface area contributed by atoms with Gasteiger partial charge in [0, 0.05) is 5.92 Å². The molecule has 0 nitrogen and oxygen atoms in total. The zero-order valence-corrected chi connectivity index (χ0v) is 11.2. The van der Waals surface area contributed by atoms with Crippen LogP contribution >= 0.6 is 0 Å². The van der Waals surface area contributed by atoms with E-state index >= 15 is 0 Å². The van der Waals surface area contributed by atoms with E-state index in [1.807, 2.05) is 0 Å². The van der Waals surface area contributed by atoms with Crippen molar-refractivity contribution in [1.82, 2.24) is 0 Å². The lowest BCUT2D eigenvalue weighted by Gasteiger charge is -2.16. The molecule has 0 heteroatoms. The molecular weight excluding hydrogens is 240 g/mol. The summed E-state index contributed by atoms with van der Waals surface area (Å²) in [5.41, 5.74) is 5.93. The lowest BCUT2D eigenvalue weighted by Crippen LogP contribution is -1.98. The van der Waals surface area contributed by atoms with Gasteiger partial charge < -0.3 is 0 Å². The molecule has 0 aliphatic heterocycles. The Hall–Kier alpha value is -2.08. The number of allylic oxidation sites excluding steroid dienone is 4. The van der Waals surface area contributed by atoms with Crippen LogP contribution in [0.1, 0.15) is 23.0 Å². The van der Waals surface area contributed by atoms with Gasteiger partial charge in [-0.25, -0.2) is 0 Å². The van der Waals surface area contributed by atoms with Crippen molar-refractivity contribution in [3.8, 4) is 11.1 Å². The van der Waals surface area contributed by atoms with Crippen LogP contribution in [-0.4, -0.2) is 0 Å². The van der Waals surface area contributed by atoms with Gasteiger partial charge in [0.05, 0.1) is 0 Å². The van der Waals surface area contributed by atoms with Crippen LogP contribution in [0.5, 0.6) is 0 Å². The van der Waals surface area contributed by atoms with E-state index in [9.17, 15) is 0 Å². The molecule has 0 radical (unpaired) electrons. The minimum Gasteiger partial charge on any atom is -0.0833 e. The van der Waals surface area contributed by atoms with Crippen LogP contribution in [0.4, 0.5) is 0 Å². The number of hydrogen-bond acceptors (Lipinski definition) is 0. The third kappa shape index (κ3) is 1.31. The summed E-state index contributed by atoms with van der Waals surface area (Å²) in [6.45, 7) is 0. The Morgan fingerprint density at radius 2 is 1.40 bits per heavy atom. The first-order chi connectivity index (χ1) is 9.93. The van der Waals surface area contributed by atoms with Crippen LogP contribution in [0.2, 0.25) is 0 Å². The zero-order chi connectivity index (χ0) is 13.1. The van der Waals surface area contributed by atoms with E-state index in [4.69, 9.17) is 0 Å². The largest absolute Gasteiger partial charge is 0.0833 e. The van der Waals surface area contributed by atoms with Crippen molar-refractivity contribution in [2.45, 2.75) is 11.8 Å². The van der Waals surface area contributed by atoms with Gasteiger partial charge in [0.1, 0.15) is 0 Å². The summed E-state index contributed by atoms with van der Waals surface area (Å²) in [6.07, 6.45) is 9.72. The molecule has 0 heterocycles. The smallest absolute Gasteiger partial charge is 0.0202 e. The molecule has 0 N–H and O–H groups in total. The van der Waals surface area contributed by atoms with E-state index in [0.717, 1.165) is 11.8 Å². The molecular formula is C20H16. The van der Waals surface area contributed by atoms with Crippen molar-refractivity contribution in [1.29, 1.82) is 0 Å². The Bertz CT molecular complexity index is 716. The third-order valence-electron chi connectivity index (χ3n) is 5.13. The number of hydrogen-bond donors (Lipinski definition) is 0. The monoisotopic (exact) mass is 256 g/mol. The number of benzene rings is 2. The Balaban J connectivity index is 1.79. The van der Waals surface area contributed by atoms with Crippen LogP contribution in [0.15, 0.2) is 72.8 Å². The minimum atomic E-state index is 0.480. The summed E-state index contributed by atoms with van der Waals surface area (Å²) in [5.74, 6) is 2.67. The van der Waals surface area contributed by atoms with Crippen molar-refractivity contribution < 1.29 is 0 Å². The predicted molar refractivity (Wildman–Crippen MR) is 82.6 cm³/mol. The quantitative estimate of drug-likeness (QED) is 0.636. The fraction of sp³-hybridized carbons (Fsp3) is 0.200. The molecule has 4 aliphatic carbocycles. The zero-order valence-electron chi connectivity index (χ0n) is 11.2. The highest BCUT2D eigenvalue weighted by atomic mass is 14.5. The van der Waals surface area contributed by atoms with Gasteiger partial charge in [-0.3, -0.25) is 0 Å². The van der Waals surface area contributed by atoms with Gasteiger partial charge in [0.2, 0.25) is 0 Å². The molecule has 20 heavy (non-hydrogen) atoms. The molecule has 0 saturated heterocycles. The topological polar surface area (TPSA) is 0 Å². The Morgan fingerprint density at radius 1 is 0.650 bits per heavy atom. The van der Waals surface area contributed by atoms with Gasteiger partial charge in [0.25, 0.3) is 0 Å². The summed E-state index contributed by atoms with van der Waals surface area (Å²) >= 11 is 0. The highest BCUT2D eigenvalue weighted by Crippen LogP contribution is 2.62. The summed E-state index contributed by atoms with van der Waals surface area (Å²) in [5, 5.41) is 0. The van der Waals surface area contributed by atoms with Gasteiger partial charge in [-0.15, -0.1) is 0 Å². The van der Waals surface area contributed by atoms with E-state index in [1.54, 1.807) is 5.56 Å². The van der Waals surface area contributed by atoms with Gasteiger partial charge in [-0.05, 0) is 40.0 Å². The van der Waals surface area contributed by atoms with Crippen molar-refractivity contribution in [2.24, 2.45) is 11.8 Å². The fourth-order valence-electron chi connectivity index (χ4n) is 4.12. The molecule has 2 unspecified atom stereocenters. The van der Waals surface area contributed by atoms with Crippen LogP contribution in [-0.2, 0) is 0 Å². The first-order valence-electron chi connectivity index (χ1n) is 7.48. The second-order valence-electron chi connectivity index (χ2n) is 6.15. The molecule has 0 aromatic heterocycles. The van der Waals surface area contributed by atoms with Gasteiger partial charge in [0.15, 0.2) is 0 Å². The van der Waals surface area contributed by atoms with Crippen molar-refractivity contribution in [3.05, 3.63) is 84.0 Å². The van der Waals surface area contributed by atoms with Crippen LogP contribution in [0, 0.1) is 11.8 Å². The molecule has 96 valence electrons. The average molecular weight is 256 g/mol. The third-order valence-corrected chi connectivity index (χ3v) is 5.13. The Morgan fingerprint density at radius 3 is 2.15 bits per heavy atom. The molecule has 1 saturated carbocycles. The molecule has 1 fully saturated rings.